The van der Waals surface area contributed by atoms with Crippen molar-refractivity contribution in [3.63, 3.8) is 0 Å². The summed E-state index contributed by atoms with van der Waals surface area (Å²) in [5, 5.41) is 5.21. The molecule has 0 saturated heterocycles. The van der Waals surface area contributed by atoms with Crippen molar-refractivity contribution in [1.82, 2.24) is 4.98 Å². The fourth-order valence-electron chi connectivity index (χ4n) is 2.96. The van der Waals surface area contributed by atoms with Gasteiger partial charge in [0.15, 0.2) is 0 Å². The van der Waals surface area contributed by atoms with Gasteiger partial charge in [-0.05, 0) is 76.2 Å². The number of benzene rings is 2. The fraction of sp³-hybridized carbons (Fsp3) is 0.158. The zero-order valence-corrected chi connectivity index (χ0v) is 14.5. The summed E-state index contributed by atoms with van der Waals surface area (Å²) in [5.41, 5.74) is 2.11. The number of rotatable bonds is 3. The van der Waals surface area contributed by atoms with Crippen LogP contribution in [0.2, 0.25) is 0 Å². The van der Waals surface area contributed by atoms with Crippen molar-refractivity contribution in [2.24, 2.45) is 5.92 Å². The van der Waals surface area contributed by atoms with Crippen LogP contribution in [0.1, 0.15) is 17.9 Å². The van der Waals surface area contributed by atoms with Crippen LogP contribution in [0.15, 0.2) is 60.9 Å². The number of carbonyl (C=O) groups is 1. The zero-order chi connectivity index (χ0) is 15.8. The third-order valence-electron chi connectivity index (χ3n) is 4.33. The lowest BCUT2D eigenvalue weighted by Crippen LogP contribution is -2.14. The Morgan fingerprint density at radius 1 is 1.09 bits per heavy atom. The summed E-state index contributed by atoms with van der Waals surface area (Å²) >= 11 is 2.30. The largest absolute Gasteiger partial charge is 0.326 e. The van der Waals surface area contributed by atoms with Gasteiger partial charge in [-0.3, -0.25) is 9.78 Å². The van der Waals surface area contributed by atoms with Gasteiger partial charge in [0.25, 0.3) is 0 Å². The molecule has 2 unspecified atom stereocenters. The Hall–Kier alpha value is -1.95. The van der Waals surface area contributed by atoms with Crippen LogP contribution in [0.25, 0.3) is 10.8 Å². The lowest BCUT2D eigenvalue weighted by atomic mass is 10.1. The van der Waals surface area contributed by atoms with E-state index in [9.17, 15) is 4.79 Å². The second kappa shape index (κ2) is 5.92. The second-order valence-corrected chi connectivity index (χ2v) is 7.17. The minimum absolute atomic E-state index is 0.0863. The minimum atomic E-state index is 0.0863. The van der Waals surface area contributed by atoms with Crippen LogP contribution in [0.5, 0.6) is 0 Å². The molecule has 0 spiro atoms. The van der Waals surface area contributed by atoms with Gasteiger partial charge in [0.2, 0.25) is 5.91 Å². The first-order valence-corrected chi connectivity index (χ1v) is 8.69. The molecular formula is C19H15IN2O. The standard InChI is InChI=1S/C19H15IN2O/c20-15-4-1-12(2-5-15)17-10-18(17)19(23)22-16-6-3-14-11-21-8-7-13(14)9-16/h1-9,11,17-18H,10H2,(H,22,23). The highest BCUT2D eigenvalue weighted by Crippen LogP contribution is 2.48. The molecule has 0 aliphatic heterocycles. The number of fused-ring (bicyclic) bond motifs is 1. The molecule has 0 radical (unpaired) electrons. The normalized spacial score (nSPS) is 19.5. The number of halogens is 1. The highest BCUT2D eigenvalue weighted by atomic mass is 127. The van der Waals surface area contributed by atoms with Crippen LogP contribution in [0, 0.1) is 9.49 Å². The van der Waals surface area contributed by atoms with Gasteiger partial charge >= 0.3 is 0 Å². The van der Waals surface area contributed by atoms with E-state index in [0.29, 0.717) is 5.92 Å². The summed E-state index contributed by atoms with van der Waals surface area (Å²) in [4.78, 5) is 16.5. The van der Waals surface area contributed by atoms with E-state index in [4.69, 9.17) is 0 Å². The lowest BCUT2D eigenvalue weighted by Gasteiger charge is -2.06. The topological polar surface area (TPSA) is 42.0 Å². The molecule has 3 aromatic rings. The van der Waals surface area contributed by atoms with Gasteiger partial charge in [0, 0.05) is 33.0 Å². The van der Waals surface area contributed by atoms with Crippen molar-refractivity contribution in [3.05, 3.63) is 70.1 Å². The SMILES string of the molecule is O=C(Nc1ccc2cnccc2c1)C1CC1c1ccc(I)cc1. The molecule has 4 heteroatoms. The molecule has 2 atom stereocenters. The molecule has 114 valence electrons. The molecule has 1 aromatic heterocycles. The summed E-state index contributed by atoms with van der Waals surface area (Å²) in [6.07, 6.45) is 4.53. The molecule has 0 bridgehead atoms. The smallest absolute Gasteiger partial charge is 0.228 e. The van der Waals surface area contributed by atoms with Crippen molar-refractivity contribution >= 4 is 45.0 Å². The molecule has 1 aliphatic carbocycles. The monoisotopic (exact) mass is 414 g/mol. The maximum Gasteiger partial charge on any atom is 0.228 e. The number of hydrogen-bond acceptors (Lipinski definition) is 2. The number of aromatic nitrogens is 1. The number of nitrogens with one attached hydrogen (secondary N) is 1. The number of hydrogen-bond donors (Lipinski definition) is 1. The number of pyridine rings is 1. The lowest BCUT2D eigenvalue weighted by molar-refractivity contribution is -0.117. The molecule has 1 N–H and O–H groups in total. The van der Waals surface area contributed by atoms with Gasteiger partial charge in [-0.2, -0.15) is 0 Å². The second-order valence-electron chi connectivity index (χ2n) is 5.93. The third-order valence-corrected chi connectivity index (χ3v) is 5.05. The molecule has 2 aromatic carbocycles. The Morgan fingerprint density at radius 2 is 1.91 bits per heavy atom. The molecule has 1 heterocycles. The van der Waals surface area contributed by atoms with Gasteiger partial charge in [-0.15, -0.1) is 0 Å². The predicted octanol–water partition coefficient (Wildman–Crippen LogP) is 4.58. The Morgan fingerprint density at radius 3 is 2.74 bits per heavy atom. The van der Waals surface area contributed by atoms with E-state index in [2.05, 4.69) is 57.2 Å². The van der Waals surface area contributed by atoms with Crippen LogP contribution in [-0.2, 0) is 4.79 Å². The Bertz CT molecular complexity index is 876. The summed E-state index contributed by atoms with van der Waals surface area (Å²) < 4.78 is 1.22. The van der Waals surface area contributed by atoms with Crippen molar-refractivity contribution in [3.8, 4) is 0 Å². The van der Waals surface area contributed by atoms with Crippen molar-refractivity contribution in [1.29, 1.82) is 0 Å². The number of amides is 1. The molecule has 1 saturated carbocycles. The Kier molecular flexibility index (Phi) is 3.77. The maximum absolute atomic E-state index is 12.4. The van der Waals surface area contributed by atoms with E-state index in [1.54, 1.807) is 6.20 Å². The van der Waals surface area contributed by atoms with Crippen LogP contribution in [0.4, 0.5) is 5.69 Å². The summed E-state index contributed by atoms with van der Waals surface area (Å²) in [7, 11) is 0. The predicted molar refractivity (Wildman–Crippen MR) is 100 cm³/mol. The van der Waals surface area contributed by atoms with Crippen molar-refractivity contribution in [2.45, 2.75) is 12.3 Å². The fourth-order valence-corrected chi connectivity index (χ4v) is 3.32. The average Bonchev–Trinajstić information content (AvgIpc) is 3.36. The first-order valence-electron chi connectivity index (χ1n) is 7.61. The first-order chi connectivity index (χ1) is 11.2. The molecule has 4 rings (SSSR count). The highest BCUT2D eigenvalue weighted by molar-refractivity contribution is 14.1. The van der Waals surface area contributed by atoms with Crippen LogP contribution in [0.3, 0.4) is 0 Å². The molecule has 1 aliphatic rings. The van der Waals surface area contributed by atoms with Gasteiger partial charge in [-0.1, -0.05) is 18.2 Å². The van der Waals surface area contributed by atoms with Crippen molar-refractivity contribution in [2.75, 3.05) is 5.32 Å². The summed E-state index contributed by atoms with van der Waals surface area (Å²) in [5.74, 6) is 0.557. The summed E-state index contributed by atoms with van der Waals surface area (Å²) in [6.45, 7) is 0. The number of anilines is 1. The highest BCUT2D eigenvalue weighted by Gasteiger charge is 2.43. The molecule has 23 heavy (non-hydrogen) atoms. The molecular weight excluding hydrogens is 399 g/mol. The minimum Gasteiger partial charge on any atom is -0.326 e. The van der Waals surface area contributed by atoms with E-state index in [0.717, 1.165) is 22.9 Å². The van der Waals surface area contributed by atoms with Crippen LogP contribution >= 0.6 is 22.6 Å². The van der Waals surface area contributed by atoms with Gasteiger partial charge in [-0.25, -0.2) is 0 Å². The first kappa shape index (κ1) is 14.6. The molecule has 1 fully saturated rings. The number of nitrogens with zero attached hydrogens (tertiary/aromatic N) is 1. The van der Waals surface area contributed by atoms with Gasteiger partial charge in [0.05, 0.1) is 0 Å². The van der Waals surface area contributed by atoms with Gasteiger partial charge < -0.3 is 5.32 Å². The van der Waals surface area contributed by atoms with Crippen LogP contribution in [-0.4, -0.2) is 10.9 Å². The zero-order valence-electron chi connectivity index (χ0n) is 12.4. The molecule has 3 nitrogen and oxygen atoms in total. The van der Waals surface area contributed by atoms with Crippen molar-refractivity contribution < 1.29 is 4.79 Å². The van der Waals surface area contributed by atoms with E-state index in [1.165, 1.54) is 9.13 Å². The maximum atomic E-state index is 12.4. The van der Waals surface area contributed by atoms with E-state index in [1.807, 2.05) is 30.5 Å². The van der Waals surface area contributed by atoms with E-state index < -0.39 is 0 Å². The Balaban J connectivity index is 1.46. The van der Waals surface area contributed by atoms with E-state index in [-0.39, 0.29) is 11.8 Å². The van der Waals surface area contributed by atoms with Crippen LogP contribution < -0.4 is 5.32 Å². The third kappa shape index (κ3) is 3.08. The number of carbonyl (C=O) groups excluding carboxylic acids is 1. The average molecular weight is 414 g/mol. The molecule has 1 amide bonds. The summed E-state index contributed by atoms with van der Waals surface area (Å²) in [6, 6.07) is 16.3. The van der Waals surface area contributed by atoms with E-state index >= 15 is 0 Å². The van der Waals surface area contributed by atoms with Gasteiger partial charge in [0.1, 0.15) is 0 Å². The quantitative estimate of drug-likeness (QED) is 0.638. The Labute approximate surface area is 148 Å².